The SMILES string of the molecule is CCCNC(CCC(F)(F)F)c1cc(OC)cs1. The average molecular weight is 281 g/mol. The molecule has 0 spiro atoms. The topological polar surface area (TPSA) is 21.3 Å². The van der Waals surface area contributed by atoms with E-state index in [2.05, 4.69) is 5.32 Å². The Bertz CT molecular complexity index is 351. The third-order valence-electron chi connectivity index (χ3n) is 2.53. The minimum atomic E-state index is -4.10. The predicted molar refractivity (Wildman–Crippen MR) is 67.2 cm³/mol. The summed E-state index contributed by atoms with van der Waals surface area (Å²) in [5.41, 5.74) is 0. The van der Waals surface area contributed by atoms with Crippen LogP contribution in [-0.4, -0.2) is 19.8 Å². The van der Waals surface area contributed by atoms with Crippen LogP contribution in [0.15, 0.2) is 11.4 Å². The van der Waals surface area contributed by atoms with Gasteiger partial charge in [-0.3, -0.25) is 0 Å². The van der Waals surface area contributed by atoms with E-state index >= 15 is 0 Å². The van der Waals surface area contributed by atoms with Crippen LogP contribution in [0.4, 0.5) is 13.2 Å². The van der Waals surface area contributed by atoms with Crippen LogP contribution in [-0.2, 0) is 0 Å². The Morgan fingerprint density at radius 3 is 2.67 bits per heavy atom. The quantitative estimate of drug-likeness (QED) is 0.811. The number of alkyl halides is 3. The molecule has 0 saturated heterocycles. The highest BCUT2D eigenvalue weighted by atomic mass is 32.1. The highest BCUT2D eigenvalue weighted by molar-refractivity contribution is 7.10. The average Bonchev–Trinajstić information content (AvgIpc) is 2.76. The van der Waals surface area contributed by atoms with E-state index in [1.807, 2.05) is 12.3 Å². The Morgan fingerprint density at radius 2 is 2.17 bits per heavy atom. The third-order valence-corrected chi connectivity index (χ3v) is 3.56. The Hall–Kier alpha value is -0.750. The van der Waals surface area contributed by atoms with Gasteiger partial charge in [-0.25, -0.2) is 0 Å². The van der Waals surface area contributed by atoms with Crippen molar-refractivity contribution >= 4 is 11.3 Å². The maximum Gasteiger partial charge on any atom is 0.389 e. The molecule has 6 heteroatoms. The lowest BCUT2D eigenvalue weighted by molar-refractivity contribution is -0.136. The number of methoxy groups -OCH3 is 1. The van der Waals surface area contributed by atoms with E-state index in [4.69, 9.17) is 4.74 Å². The van der Waals surface area contributed by atoms with Gasteiger partial charge in [-0.05, 0) is 25.5 Å². The lowest BCUT2D eigenvalue weighted by Gasteiger charge is -2.17. The molecule has 0 aliphatic carbocycles. The fourth-order valence-corrected chi connectivity index (χ4v) is 2.56. The van der Waals surface area contributed by atoms with Gasteiger partial charge in [0.1, 0.15) is 5.75 Å². The summed E-state index contributed by atoms with van der Waals surface area (Å²) in [6.07, 6.45) is -3.92. The van der Waals surface area contributed by atoms with Crippen molar-refractivity contribution in [3.63, 3.8) is 0 Å². The molecule has 18 heavy (non-hydrogen) atoms. The second-order valence-corrected chi connectivity index (χ2v) is 4.99. The van der Waals surface area contributed by atoms with E-state index < -0.39 is 12.6 Å². The van der Waals surface area contributed by atoms with Crippen LogP contribution in [0, 0.1) is 0 Å². The molecule has 0 amide bonds. The standard InChI is InChI=1S/C12H18F3NOS/c1-3-6-16-10(4-5-12(13,14)15)11-7-9(17-2)8-18-11/h7-8,10,16H,3-6H2,1-2H3. The number of halogens is 3. The summed E-state index contributed by atoms with van der Waals surface area (Å²) in [5.74, 6) is 0.699. The highest BCUT2D eigenvalue weighted by Crippen LogP contribution is 2.32. The Kier molecular flexibility index (Phi) is 5.95. The van der Waals surface area contributed by atoms with Gasteiger partial charge in [0.25, 0.3) is 0 Å². The summed E-state index contributed by atoms with van der Waals surface area (Å²) in [4.78, 5) is 0.893. The Balaban J connectivity index is 2.64. The van der Waals surface area contributed by atoms with Crippen molar-refractivity contribution in [2.75, 3.05) is 13.7 Å². The van der Waals surface area contributed by atoms with E-state index in [0.29, 0.717) is 12.3 Å². The van der Waals surface area contributed by atoms with Crippen molar-refractivity contribution in [1.82, 2.24) is 5.32 Å². The fraction of sp³-hybridized carbons (Fsp3) is 0.667. The zero-order valence-electron chi connectivity index (χ0n) is 10.5. The second-order valence-electron chi connectivity index (χ2n) is 4.05. The predicted octanol–water partition coefficient (Wildman–Crippen LogP) is 4.14. The lowest BCUT2D eigenvalue weighted by Crippen LogP contribution is -2.23. The number of hydrogen-bond acceptors (Lipinski definition) is 3. The van der Waals surface area contributed by atoms with Gasteiger partial charge in [-0.15, -0.1) is 11.3 Å². The largest absolute Gasteiger partial charge is 0.496 e. The van der Waals surface area contributed by atoms with E-state index in [9.17, 15) is 13.2 Å². The molecule has 1 unspecified atom stereocenters. The van der Waals surface area contributed by atoms with Gasteiger partial charge in [-0.1, -0.05) is 6.92 Å². The molecule has 0 aliphatic heterocycles. The van der Waals surface area contributed by atoms with Crippen LogP contribution in [0.25, 0.3) is 0 Å². The molecule has 0 fully saturated rings. The minimum Gasteiger partial charge on any atom is -0.496 e. The first-order valence-electron chi connectivity index (χ1n) is 5.88. The van der Waals surface area contributed by atoms with Crippen LogP contribution < -0.4 is 10.1 Å². The van der Waals surface area contributed by atoms with Crippen molar-refractivity contribution in [2.24, 2.45) is 0 Å². The third kappa shape index (κ3) is 5.27. The van der Waals surface area contributed by atoms with Crippen LogP contribution in [0.1, 0.15) is 37.1 Å². The molecular formula is C12H18F3NOS. The summed E-state index contributed by atoms with van der Waals surface area (Å²) in [6, 6.07) is 1.55. The van der Waals surface area contributed by atoms with Gasteiger partial charge in [0, 0.05) is 22.7 Å². The molecule has 1 atom stereocenters. The van der Waals surface area contributed by atoms with E-state index in [-0.39, 0.29) is 12.5 Å². The molecule has 0 aliphatic rings. The molecule has 2 nitrogen and oxygen atoms in total. The number of nitrogens with one attached hydrogen (secondary N) is 1. The maximum atomic E-state index is 12.3. The number of ether oxygens (including phenoxy) is 1. The van der Waals surface area contributed by atoms with Crippen molar-refractivity contribution in [1.29, 1.82) is 0 Å². The Morgan fingerprint density at radius 1 is 1.44 bits per heavy atom. The van der Waals surface area contributed by atoms with Gasteiger partial charge in [0.2, 0.25) is 0 Å². The normalized spacial score (nSPS) is 13.6. The summed E-state index contributed by atoms with van der Waals surface area (Å²) in [5, 5.41) is 4.96. The van der Waals surface area contributed by atoms with Gasteiger partial charge >= 0.3 is 6.18 Å². The molecule has 0 bridgehead atoms. The zero-order valence-corrected chi connectivity index (χ0v) is 11.3. The molecule has 1 rings (SSSR count). The lowest BCUT2D eigenvalue weighted by atomic mass is 10.1. The highest BCUT2D eigenvalue weighted by Gasteiger charge is 2.29. The van der Waals surface area contributed by atoms with E-state index in [0.717, 1.165) is 11.3 Å². The van der Waals surface area contributed by atoms with Crippen molar-refractivity contribution in [3.05, 3.63) is 16.3 Å². The van der Waals surface area contributed by atoms with Gasteiger partial charge in [-0.2, -0.15) is 13.2 Å². The first kappa shape index (κ1) is 15.3. The smallest absolute Gasteiger partial charge is 0.389 e. The van der Waals surface area contributed by atoms with Crippen molar-refractivity contribution < 1.29 is 17.9 Å². The molecule has 0 aromatic carbocycles. The summed E-state index contributed by atoms with van der Waals surface area (Å²) < 4.78 is 41.9. The zero-order chi connectivity index (χ0) is 13.6. The molecule has 104 valence electrons. The van der Waals surface area contributed by atoms with Crippen LogP contribution >= 0.6 is 11.3 Å². The van der Waals surface area contributed by atoms with Crippen molar-refractivity contribution in [3.8, 4) is 5.75 Å². The van der Waals surface area contributed by atoms with Gasteiger partial charge < -0.3 is 10.1 Å². The number of thiophene rings is 1. The Labute approximate surface area is 109 Å². The first-order valence-corrected chi connectivity index (χ1v) is 6.76. The molecule has 0 radical (unpaired) electrons. The molecule has 1 heterocycles. The molecule has 1 aromatic heterocycles. The van der Waals surface area contributed by atoms with Gasteiger partial charge in [0.05, 0.1) is 7.11 Å². The van der Waals surface area contributed by atoms with E-state index in [1.165, 1.54) is 11.3 Å². The van der Waals surface area contributed by atoms with Crippen LogP contribution in [0.3, 0.4) is 0 Å². The molecule has 0 saturated carbocycles. The maximum absolute atomic E-state index is 12.3. The molecule has 1 aromatic rings. The first-order chi connectivity index (χ1) is 8.46. The monoisotopic (exact) mass is 281 g/mol. The number of hydrogen-bond donors (Lipinski definition) is 1. The molecular weight excluding hydrogens is 263 g/mol. The van der Waals surface area contributed by atoms with Crippen molar-refractivity contribution in [2.45, 2.75) is 38.4 Å². The van der Waals surface area contributed by atoms with Crippen LogP contribution in [0.2, 0.25) is 0 Å². The van der Waals surface area contributed by atoms with Gasteiger partial charge in [0.15, 0.2) is 0 Å². The summed E-state index contributed by atoms with van der Waals surface area (Å²) in [6.45, 7) is 2.70. The number of rotatable bonds is 7. The molecule has 1 N–H and O–H groups in total. The second kappa shape index (κ2) is 6.99. The minimum absolute atomic E-state index is 0.0627. The fourth-order valence-electron chi connectivity index (χ4n) is 1.60. The summed E-state index contributed by atoms with van der Waals surface area (Å²) >= 11 is 1.43. The van der Waals surface area contributed by atoms with Crippen LogP contribution in [0.5, 0.6) is 5.75 Å². The van der Waals surface area contributed by atoms with E-state index in [1.54, 1.807) is 13.2 Å². The summed E-state index contributed by atoms with van der Waals surface area (Å²) in [7, 11) is 1.55.